The highest BCUT2D eigenvalue weighted by Crippen LogP contribution is 2.26. The van der Waals surface area contributed by atoms with Gasteiger partial charge in [0.05, 0.1) is 6.54 Å². The zero-order chi connectivity index (χ0) is 16.8. The van der Waals surface area contributed by atoms with Gasteiger partial charge in [-0.05, 0) is 67.2 Å². The second-order valence-electron chi connectivity index (χ2n) is 5.79. The highest BCUT2D eigenvalue weighted by Gasteiger charge is 2.15. The van der Waals surface area contributed by atoms with Crippen LogP contribution < -0.4 is 10.7 Å². The van der Waals surface area contributed by atoms with Gasteiger partial charge >= 0.3 is 0 Å². The van der Waals surface area contributed by atoms with Crippen molar-refractivity contribution in [2.75, 3.05) is 11.9 Å². The fourth-order valence-corrected chi connectivity index (χ4v) is 3.26. The topological polar surface area (TPSA) is 53.5 Å². The lowest BCUT2D eigenvalue weighted by atomic mass is 9.87. The molecule has 1 aliphatic carbocycles. The maximum Gasteiger partial charge on any atom is 0.259 e. The highest BCUT2D eigenvalue weighted by molar-refractivity contribution is 9.10. The molecule has 0 aromatic heterocycles. The Morgan fingerprint density at radius 1 is 1.48 bits per heavy atom. The van der Waals surface area contributed by atoms with E-state index in [2.05, 4.69) is 44.8 Å². The van der Waals surface area contributed by atoms with E-state index in [1.165, 1.54) is 5.57 Å². The number of amides is 1. The molecule has 0 aliphatic heterocycles. The van der Waals surface area contributed by atoms with Crippen LogP contribution in [0, 0.1) is 5.92 Å². The number of nitrogens with one attached hydrogen (secondary N) is 2. The van der Waals surface area contributed by atoms with Crippen LogP contribution in [0.2, 0.25) is 5.02 Å². The van der Waals surface area contributed by atoms with Crippen LogP contribution in [0.15, 0.2) is 39.4 Å². The Hall–Kier alpha value is -1.33. The van der Waals surface area contributed by atoms with Gasteiger partial charge in [0.1, 0.15) is 0 Å². The monoisotopic (exact) mass is 397 g/mol. The number of anilines is 1. The molecule has 6 heteroatoms. The third kappa shape index (κ3) is 5.66. The number of carbonyl (C=O) groups is 1. The van der Waals surface area contributed by atoms with Crippen LogP contribution in [0.1, 0.15) is 33.1 Å². The first kappa shape index (κ1) is 18.0. The first-order valence-electron chi connectivity index (χ1n) is 7.63. The van der Waals surface area contributed by atoms with Gasteiger partial charge in [-0.2, -0.15) is 5.10 Å². The minimum atomic E-state index is -0.172. The zero-order valence-corrected chi connectivity index (χ0v) is 15.7. The number of benzene rings is 1. The first-order valence-corrected chi connectivity index (χ1v) is 8.80. The van der Waals surface area contributed by atoms with Crippen molar-refractivity contribution in [1.29, 1.82) is 0 Å². The van der Waals surface area contributed by atoms with Crippen molar-refractivity contribution in [3.8, 4) is 0 Å². The van der Waals surface area contributed by atoms with Crippen LogP contribution in [0.25, 0.3) is 0 Å². The van der Waals surface area contributed by atoms with Gasteiger partial charge in [0.25, 0.3) is 5.91 Å². The van der Waals surface area contributed by atoms with E-state index in [1.54, 1.807) is 12.1 Å². The molecule has 1 atom stereocenters. The third-order valence-electron chi connectivity index (χ3n) is 3.96. The molecular formula is C17H21BrClN3O. The van der Waals surface area contributed by atoms with Gasteiger partial charge in [-0.15, -0.1) is 0 Å². The summed E-state index contributed by atoms with van der Waals surface area (Å²) in [6.45, 7) is 4.29. The van der Waals surface area contributed by atoms with Crippen LogP contribution in [0.3, 0.4) is 0 Å². The Balaban J connectivity index is 1.81. The molecule has 0 saturated carbocycles. The molecule has 23 heavy (non-hydrogen) atoms. The Kier molecular flexibility index (Phi) is 6.66. The molecule has 4 nitrogen and oxygen atoms in total. The van der Waals surface area contributed by atoms with Crippen molar-refractivity contribution in [1.82, 2.24) is 5.43 Å². The molecule has 1 aliphatic rings. The molecule has 1 amide bonds. The predicted molar refractivity (Wildman–Crippen MR) is 100.0 cm³/mol. The number of hydrogen-bond acceptors (Lipinski definition) is 3. The summed E-state index contributed by atoms with van der Waals surface area (Å²) in [6, 6.07) is 5.38. The zero-order valence-electron chi connectivity index (χ0n) is 13.3. The molecule has 0 fully saturated rings. The molecule has 2 rings (SSSR count). The second kappa shape index (κ2) is 8.50. The lowest BCUT2D eigenvalue weighted by Crippen LogP contribution is -2.28. The molecule has 1 aromatic carbocycles. The molecule has 0 radical (unpaired) electrons. The highest BCUT2D eigenvalue weighted by atomic mass is 79.9. The summed E-state index contributed by atoms with van der Waals surface area (Å²) in [5.41, 5.74) is 5.86. The minimum Gasteiger partial charge on any atom is -0.375 e. The van der Waals surface area contributed by atoms with E-state index in [1.807, 2.05) is 13.0 Å². The quantitative estimate of drug-likeness (QED) is 0.427. The summed E-state index contributed by atoms with van der Waals surface area (Å²) in [7, 11) is 0. The van der Waals surface area contributed by atoms with Crippen LogP contribution in [-0.4, -0.2) is 18.2 Å². The van der Waals surface area contributed by atoms with Gasteiger partial charge in [0, 0.05) is 26.8 Å². The van der Waals surface area contributed by atoms with Crippen LogP contribution in [0.4, 0.5) is 5.69 Å². The number of hydrazone groups is 1. The molecule has 0 saturated heterocycles. The molecule has 0 bridgehead atoms. The summed E-state index contributed by atoms with van der Waals surface area (Å²) in [6.07, 6.45) is 5.47. The second-order valence-corrected chi connectivity index (χ2v) is 7.08. The first-order chi connectivity index (χ1) is 11.0. The fourth-order valence-electron chi connectivity index (χ4n) is 2.43. The van der Waals surface area contributed by atoms with Crippen LogP contribution in [-0.2, 0) is 4.79 Å². The maximum absolute atomic E-state index is 11.9. The summed E-state index contributed by atoms with van der Waals surface area (Å²) >= 11 is 9.29. The van der Waals surface area contributed by atoms with Crippen LogP contribution in [0.5, 0.6) is 0 Å². The van der Waals surface area contributed by atoms with E-state index < -0.39 is 0 Å². The van der Waals surface area contributed by atoms with Gasteiger partial charge in [-0.25, -0.2) is 5.43 Å². The molecule has 1 aromatic rings. The largest absolute Gasteiger partial charge is 0.375 e. The Labute approximate surface area is 150 Å². The molecule has 124 valence electrons. The van der Waals surface area contributed by atoms with E-state index in [0.29, 0.717) is 10.9 Å². The number of carbonyl (C=O) groups excluding carboxylic acids is 1. The van der Waals surface area contributed by atoms with E-state index in [-0.39, 0.29) is 12.5 Å². The average molecular weight is 399 g/mol. The minimum absolute atomic E-state index is 0.153. The van der Waals surface area contributed by atoms with Crippen molar-refractivity contribution < 1.29 is 4.79 Å². The Morgan fingerprint density at radius 3 is 2.91 bits per heavy atom. The lowest BCUT2D eigenvalue weighted by Gasteiger charge is -2.20. The van der Waals surface area contributed by atoms with Crippen LogP contribution >= 0.6 is 27.5 Å². The van der Waals surface area contributed by atoms with Gasteiger partial charge in [0.15, 0.2) is 0 Å². The van der Waals surface area contributed by atoms with Crippen molar-refractivity contribution in [2.24, 2.45) is 11.0 Å². The van der Waals surface area contributed by atoms with Gasteiger partial charge in [-0.3, -0.25) is 4.79 Å². The van der Waals surface area contributed by atoms with Crippen molar-refractivity contribution in [3.05, 3.63) is 39.3 Å². The number of rotatable bonds is 5. The number of nitrogens with zero attached hydrogens (tertiary/aromatic N) is 1. The summed E-state index contributed by atoms with van der Waals surface area (Å²) in [5, 5.41) is 7.93. The molecule has 0 heterocycles. The number of hydrogen-bond donors (Lipinski definition) is 2. The normalized spacial score (nSPS) is 18.3. The standard InChI is InChI=1S/C17H21BrClN3O/c1-11-3-5-13(6-4-11)12(2)21-22-17(23)10-20-16-8-7-14(19)9-15(16)18/h3,7-9,13,20H,4-6,10H2,1-2H3,(H,22,23)/b21-12+. The van der Waals surface area contributed by atoms with Crippen molar-refractivity contribution in [3.63, 3.8) is 0 Å². The maximum atomic E-state index is 11.9. The van der Waals surface area contributed by atoms with Gasteiger partial charge in [0.2, 0.25) is 0 Å². The van der Waals surface area contributed by atoms with Gasteiger partial charge < -0.3 is 5.32 Å². The van der Waals surface area contributed by atoms with Crippen molar-refractivity contribution in [2.45, 2.75) is 33.1 Å². The Morgan fingerprint density at radius 2 is 2.26 bits per heavy atom. The molecular weight excluding hydrogens is 378 g/mol. The summed E-state index contributed by atoms with van der Waals surface area (Å²) in [5.74, 6) is 0.256. The lowest BCUT2D eigenvalue weighted by molar-refractivity contribution is -0.119. The third-order valence-corrected chi connectivity index (χ3v) is 4.85. The number of allylic oxidation sites excluding steroid dienone is 2. The summed E-state index contributed by atoms with van der Waals surface area (Å²) in [4.78, 5) is 11.9. The van der Waals surface area contributed by atoms with E-state index in [9.17, 15) is 4.79 Å². The SMILES string of the molecule is CC1=CCC(/C(C)=N/NC(=O)CNc2ccc(Cl)cc2Br)CC1. The van der Waals surface area contributed by atoms with E-state index in [0.717, 1.165) is 35.1 Å². The average Bonchev–Trinajstić information content (AvgIpc) is 2.52. The molecule has 1 unspecified atom stereocenters. The van der Waals surface area contributed by atoms with Gasteiger partial charge in [-0.1, -0.05) is 23.3 Å². The van der Waals surface area contributed by atoms with E-state index >= 15 is 0 Å². The fraction of sp³-hybridized carbons (Fsp3) is 0.412. The predicted octanol–water partition coefficient (Wildman–Crippen LogP) is 4.75. The summed E-state index contributed by atoms with van der Waals surface area (Å²) < 4.78 is 0.821. The molecule has 0 spiro atoms. The van der Waals surface area contributed by atoms with Crippen molar-refractivity contribution >= 4 is 44.8 Å². The number of halogens is 2. The molecule has 2 N–H and O–H groups in total. The smallest absolute Gasteiger partial charge is 0.259 e. The Bertz CT molecular complexity index is 643. The van der Waals surface area contributed by atoms with E-state index in [4.69, 9.17) is 11.6 Å².